The summed E-state index contributed by atoms with van der Waals surface area (Å²) in [6.45, 7) is 10.0. The van der Waals surface area contributed by atoms with Crippen LogP contribution in [0.3, 0.4) is 0 Å². The fraction of sp³-hybridized carbons (Fsp3) is 0.417. The molecule has 0 spiro atoms. The highest BCUT2D eigenvalue weighted by atomic mass is 35.5. The summed E-state index contributed by atoms with van der Waals surface area (Å²) >= 11 is 12.7. The Bertz CT molecular complexity index is 1040. The van der Waals surface area contributed by atoms with Crippen LogP contribution in [0.2, 0.25) is 5.02 Å². The van der Waals surface area contributed by atoms with Gasteiger partial charge in [0.05, 0.1) is 32.1 Å². The summed E-state index contributed by atoms with van der Waals surface area (Å²) in [7, 11) is 0. The van der Waals surface area contributed by atoms with E-state index in [9.17, 15) is 9.59 Å². The molecular weight excluding hydrogens is 497 g/mol. The second-order valence-corrected chi connectivity index (χ2v) is 7.68. The summed E-state index contributed by atoms with van der Waals surface area (Å²) in [5, 5.41) is 8.27. The summed E-state index contributed by atoms with van der Waals surface area (Å²) < 4.78 is 22.9. The van der Waals surface area contributed by atoms with Crippen LogP contribution in [-0.4, -0.2) is 44.2 Å². The van der Waals surface area contributed by atoms with Crippen molar-refractivity contribution in [2.75, 3.05) is 30.8 Å². The van der Waals surface area contributed by atoms with Crippen LogP contribution in [-0.2, 0) is 9.59 Å². The van der Waals surface area contributed by atoms with Gasteiger partial charge >= 0.3 is 0 Å². The number of benzene rings is 2. The molecule has 0 aliphatic heterocycles. The number of Topliss-reactive ketones (excluding diaryl/α,β-unsaturated/α-hetero) is 1. The van der Waals surface area contributed by atoms with Gasteiger partial charge in [-0.1, -0.05) is 11.6 Å². The maximum absolute atomic E-state index is 13.1. The molecule has 1 unspecified atom stereocenters. The second-order valence-electron chi connectivity index (χ2n) is 6.97. The first-order valence-corrected chi connectivity index (χ1v) is 11.9. The zero-order valence-corrected chi connectivity index (χ0v) is 21.9. The van der Waals surface area contributed by atoms with E-state index in [4.69, 9.17) is 42.3 Å². The number of carbonyl (C=O) groups excluding carboxylic acids is 2. The van der Waals surface area contributed by atoms with Gasteiger partial charge in [-0.3, -0.25) is 9.59 Å². The molecule has 1 amide bonds. The lowest BCUT2D eigenvalue weighted by molar-refractivity contribution is -0.126. The van der Waals surface area contributed by atoms with E-state index in [1.54, 1.807) is 37.3 Å². The van der Waals surface area contributed by atoms with E-state index < -0.39 is 17.7 Å². The number of anilines is 1. The normalized spacial score (nSPS) is 11.7. The number of hydrogen-bond acceptors (Lipinski definition) is 8. The average molecular weight is 526 g/mol. The van der Waals surface area contributed by atoms with Crippen LogP contribution in [0, 0.1) is 0 Å². The number of ether oxygens (including phenoxy) is 4. The number of azo groups is 1. The van der Waals surface area contributed by atoms with Crippen molar-refractivity contribution in [2.24, 2.45) is 10.2 Å². The first-order chi connectivity index (χ1) is 16.8. The molecule has 35 heavy (non-hydrogen) atoms. The summed E-state index contributed by atoms with van der Waals surface area (Å²) in [5.74, 6) is 0.213. The van der Waals surface area contributed by atoms with Crippen molar-refractivity contribution in [3.05, 3.63) is 35.4 Å². The standard InChI is InChI=1S/C24H29Cl2N3O6/c1-6-32-17-12-16(13-18(14-17)33-7-2)29(26)24(31)22(15(5)30)28-27-19-10-11-20(34-8-3)21(25)23(19)35-9-4/h10-14,22H,6-9H2,1-5H3. The Kier molecular flexibility index (Phi) is 11.1. The van der Waals surface area contributed by atoms with Gasteiger partial charge in [0.2, 0.25) is 6.04 Å². The number of carbonyl (C=O) groups is 2. The molecule has 9 nitrogen and oxygen atoms in total. The largest absolute Gasteiger partial charge is 0.494 e. The Balaban J connectivity index is 2.39. The van der Waals surface area contributed by atoms with Crippen molar-refractivity contribution < 1.29 is 28.5 Å². The molecule has 1 atom stereocenters. The van der Waals surface area contributed by atoms with Gasteiger partial charge in [-0.25, -0.2) is 4.42 Å². The molecule has 0 bridgehead atoms. The van der Waals surface area contributed by atoms with Crippen molar-refractivity contribution >= 4 is 46.4 Å². The van der Waals surface area contributed by atoms with Crippen molar-refractivity contribution in [1.82, 2.24) is 0 Å². The number of rotatable bonds is 13. The Morgan fingerprint density at radius 2 is 1.49 bits per heavy atom. The van der Waals surface area contributed by atoms with Gasteiger partial charge in [0.1, 0.15) is 28.0 Å². The molecule has 2 aromatic rings. The number of nitrogens with zero attached hydrogens (tertiary/aromatic N) is 3. The quantitative estimate of drug-likeness (QED) is 0.176. The first kappa shape index (κ1) is 28.2. The highest BCUT2D eigenvalue weighted by Crippen LogP contribution is 2.42. The Hall–Kier alpha value is -3.04. The van der Waals surface area contributed by atoms with Gasteiger partial charge in [0, 0.05) is 30.0 Å². The molecule has 0 aliphatic rings. The maximum atomic E-state index is 13.1. The number of hydrogen-bond donors (Lipinski definition) is 0. The number of halogens is 2. The van der Waals surface area contributed by atoms with Gasteiger partial charge in [-0.2, -0.15) is 10.2 Å². The molecule has 0 aliphatic carbocycles. The minimum absolute atomic E-state index is 0.214. The van der Waals surface area contributed by atoms with Crippen LogP contribution in [0.1, 0.15) is 34.6 Å². The van der Waals surface area contributed by atoms with E-state index in [0.29, 0.717) is 43.7 Å². The van der Waals surface area contributed by atoms with Crippen LogP contribution in [0.4, 0.5) is 11.4 Å². The predicted molar refractivity (Wildman–Crippen MR) is 135 cm³/mol. The molecule has 0 N–H and O–H groups in total. The Labute approximate surface area is 215 Å². The lowest BCUT2D eigenvalue weighted by Gasteiger charge is -2.19. The average Bonchev–Trinajstić information content (AvgIpc) is 2.82. The molecule has 0 radical (unpaired) electrons. The van der Waals surface area contributed by atoms with E-state index in [2.05, 4.69) is 10.2 Å². The van der Waals surface area contributed by atoms with Crippen LogP contribution in [0.5, 0.6) is 23.0 Å². The highest BCUT2D eigenvalue weighted by Gasteiger charge is 2.30. The summed E-state index contributed by atoms with van der Waals surface area (Å²) in [4.78, 5) is 25.4. The smallest absolute Gasteiger partial charge is 0.276 e. The minimum atomic E-state index is -1.50. The van der Waals surface area contributed by atoms with E-state index in [1.165, 1.54) is 6.92 Å². The van der Waals surface area contributed by atoms with Gasteiger partial charge in [0.25, 0.3) is 5.91 Å². The monoisotopic (exact) mass is 525 g/mol. The Morgan fingerprint density at radius 3 is 2.00 bits per heavy atom. The highest BCUT2D eigenvalue weighted by molar-refractivity contribution is 6.39. The van der Waals surface area contributed by atoms with Crippen molar-refractivity contribution in [3.8, 4) is 23.0 Å². The minimum Gasteiger partial charge on any atom is -0.494 e. The van der Waals surface area contributed by atoms with Crippen molar-refractivity contribution in [1.29, 1.82) is 0 Å². The first-order valence-electron chi connectivity index (χ1n) is 11.2. The third kappa shape index (κ3) is 7.47. The number of amides is 1. The predicted octanol–water partition coefficient (Wildman–Crippen LogP) is 6.16. The molecule has 0 saturated heterocycles. The van der Waals surface area contributed by atoms with Crippen molar-refractivity contribution in [2.45, 2.75) is 40.7 Å². The fourth-order valence-corrected chi connectivity index (χ4v) is 3.44. The van der Waals surface area contributed by atoms with Crippen LogP contribution in [0.25, 0.3) is 0 Å². The van der Waals surface area contributed by atoms with Crippen LogP contribution in [0.15, 0.2) is 40.6 Å². The van der Waals surface area contributed by atoms with Gasteiger partial charge < -0.3 is 18.9 Å². The van der Waals surface area contributed by atoms with Gasteiger partial charge in [-0.05, 0) is 46.8 Å². The van der Waals surface area contributed by atoms with E-state index in [0.717, 1.165) is 4.42 Å². The molecule has 0 saturated carbocycles. The molecule has 2 rings (SSSR count). The zero-order valence-electron chi connectivity index (χ0n) is 20.3. The third-order valence-corrected chi connectivity index (χ3v) is 5.16. The lowest BCUT2D eigenvalue weighted by atomic mass is 10.2. The summed E-state index contributed by atoms with van der Waals surface area (Å²) in [5.41, 5.74) is 0.490. The SMILES string of the molecule is CCOc1cc(OCC)cc(N(Cl)C(=O)C(N=Nc2ccc(OCC)c(Cl)c2OCC)C(C)=O)c1. The van der Waals surface area contributed by atoms with Gasteiger partial charge in [-0.15, -0.1) is 0 Å². The molecule has 0 aromatic heterocycles. The molecule has 11 heteroatoms. The maximum Gasteiger partial charge on any atom is 0.276 e. The summed E-state index contributed by atoms with van der Waals surface area (Å²) in [6.07, 6.45) is 0. The van der Waals surface area contributed by atoms with Crippen LogP contribution < -0.4 is 23.4 Å². The fourth-order valence-electron chi connectivity index (χ4n) is 2.98. The molecule has 190 valence electrons. The topological polar surface area (TPSA) is 99.0 Å². The van der Waals surface area contributed by atoms with E-state index >= 15 is 0 Å². The van der Waals surface area contributed by atoms with Crippen LogP contribution >= 0.6 is 23.4 Å². The molecule has 0 heterocycles. The second kappa shape index (κ2) is 13.7. The van der Waals surface area contributed by atoms with Crippen molar-refractivity contribution in [3.63, 3.8) is 0 Å². The third-order valence-electron chi connectivity index (χ3n) is 4.44. The van der Waals surface area contributed by atoms with Gasteiger partial charge in [0.15, 0.2) is 11.5 Å². The number of ketones is 1. The van der Waals surface area contributed by atoms with E-state index in [-0.39, 0.29) is 22.1 Å². The van der Waals surface area contributed by atoms with E-state index in [1.807, 2.05) is 20.8 Å². The summed E-state index contributed by atoms with van der Waals surface area (Å²) in [6, 6.07) is 6.48. The lowest BCUT2D eigenvalue weighted by Crippen LogP contribution is -2.36. The molecule has 2 aromatic carbocycles. The zero-order chi connectivity index (χ0) is 26.0. The molecular formula is C24H29Cl2N3O6. The Morgan fingerprint density at radius 1 is 0.914 bits per heavy atom. The molecule has 0 fully saturated rings.